The Labute approximate surface area is 141 Å². The Morgan fingerprint density at radius 2 is 1.87 bits per heavy atom. The Morgan fingerprint density at radius 1 is 1.22 bits per heavy atom. The lowest BCUT2D eigenvalue weighted by molar-refractivity contribution is -0.128. The molecule has 0 radical (unpaired) electrons. The van der Waals surface area contributed by atoms with Crippen LogP contribution in [0.5, 0.6) is 0 Å². The molecule has 3 atom stereocenters. The van der Waals surface area contributed by atoms with Gasteiger partial charge in [-0.2, -0.15) is 0 Å². The molecule has 23 heavy (non-hydrogen) atoms. The number of carbonyl (C=O) groups is 2. The molecule has 4 heteroatoms. The summed E-state index contributed by atoms with van der Waals surface area (Å²) in [5.74, 6) is 0.941. The van der Waals surface area contributed by atoms with E-state index in [0.717, 1.165) is 25.7 Å². The SMILES string of the molecule is C=CN1C(=O)CC(C)C1CCC.C=CN1C(=O)CCC1(C)CC. The predicted octanol–water partition coefficient (Wildman–Crippen LogP) is 4.09. The summed E-state index contributed by atoms with van der Waals surface area (Å²) in [6.07, 6.45) is 8.89. The van der Waals surface area contributed by atoms with Gasteiger partial charge in [-0.05, 0) is 38.3 Å². The van der Waals surface area contributed by atoms with Crippen LogP contribution < -0.4 is 0 Å². The van der Waals surface area contributed by atoms with Crippen molar-refractivity contribution in [3.8, 4) is 0 Å². The van der Waals surface area contributed by atoms with Crippen LogP contribution in [0.3, 0.4) is 0 Å². The molecule has 0 saturated carbocycles. The van der Waals surface area contributed by atoms with E-state index in [-0.39, 0.29) is 17.4 Å². The summed E-state index contributed by atoms with van der Waals surface area (Å²) in [4.78, 5) is 26.2. The van der Waals surface area contributed by atoms with E-state index in [2.05, 4.69) is 40.9 Å². The first kappa shape index (κ1) is 19.5. The molecule has 130 valence electrons. The van der Waals surface area contributed by atoms with Crippen molar-refractivity contribution in [2.45, 2.75) is 77.8 Å². The maximum Gasteiger partial charge on any atom is 0.227 e. The topological polar surface area (TPSA) is 40.6 Å². The normalized spacial score (nSPS) is 30.3. The Hall–Kier alpha value is -1.58. The zero-order valence-electron chi connectivity index (χ0n) is 15.2. The van der Waals surface area contributed by atoms with Crippen LogP contribution in [0.15, 0.2) is 25.6 Å². The average molecular weight is 320 g/mol. The fourth-order valence-corrected chi connectivity index (χ4v) is 3.52. The lowest BCUT2D eigenvalue weighted by Crippen LogP contribution is -2.38. The summed E-state index contributed by atoms with van der Waals surface area (Å²) in [5, 5.41) is 0. The van der Waals surface area contributed by atoms with E-state index in [1.807, 2.05) is 0 Å². The summed E-state index contributed by atoms with van der Waals surface area (Å²) >= 11 is 0. The molecule has 2 aliphatic rings. The summed E-state index contributed by atoms with van der Waals surface area (Å²) in [6, 6.07) is 0.403. The molecule has 2 aliphatic heterocycles. The molecule has 2 saturated heterocycles. The van der Waals surface area contributed by atoms with Gasteiger partial charge in [0.05, 0.1) is 0 Å². The number of likely N-dealkylation sites (tertiary alicyclic amines) is 2. The van der Waals surface area contributed by atoms with E-state index in [4.69, 9.17) is 0 Å². The van der Waals surface area contributed by atoms with Gasteiger partial charge in [0.25, 0.3) is 0 Å². The minimum Gasteiger partial charge on any atom is -0.316 e. The fourth-order valence-electron chi connectivity index (χ4n) is 3.52. The molecular formula is C19H32N2O2. The molecule has 2 rings (SSSR count). The monoisotopic (exact) mass is 320 g/mol. The zero-order valence-corrected chi connectivity index (χ0v) is 15.2. The molecule has 0 aromatic carbocycles. The number of amides is 2. The summed E-state index contributed by atoms with van der Waals surface area (Å²) in [7, 11) is 0. The number of nitrogens with zero attached hydrogens (tertiary/aromatic N) is 2. The van der Waals surface area contributed by atoms with Gasteiger partial charge in [0.2, 0.25) is 11.8 Å². The van der Waals surface area contributed by atoms with Gasteiger partial charge in [-0.3, -0.25) is 9.59 Å². The first-order valence-corrected chi connectivity index (χ1v) is 8.73. The van der Waals surface area contributed by atoms with Crippen LogP contribution in [0, 0.1) is 5.92 Å². The van der Waals surface area contributed by atoms with Crippen LogP contribution in [0.2, 0.25) is 0 Å². The Morgan fingerprint density at radius 3 is 2.30 bits per heavy atom. The second-order valence-corrected chi connectivity index (χ2v) is 6.82. The maximum atomic E-state index is 11.4. The van der Waals surface area contributed by atoms with Gasteiger partial charge >= 0.3 is 0 Å². The van der Waals surface area contributed by atoms with Gasteiger partial charge in [0.1, 0.15) is 0 Å². The molecule has 0 aromatic rings. The van der Waals surface area contributed by atoms with Gasteiger partial charge in [-0.1, -0.05) is 40.3 Å². The Bertz CT molecular complexity index is 460. The third-order valence-corrected chi connectivity index (χ3v) is 5.25. The van der Waals surface area contributed by atoms with E-state index >= 15 is 0 Å². The summed E-state index contributed by atoms with van der Waals surface area (Å²) < 4.78 is 0. The van der Waals surface area contributed by atoms with Crippen molar-refractivity contribution in [3.63, 3.8) is 0 Å². The molecule has 0 aromatic heterocycles. The quantitative estimate of drug-likeness (QED) is 0.765. The Balaban J connectivity index is 0.000000231. The first-order valence-electron chi connectivity index (χ1n) is 8.73. The largest absolute Gasteiger partial charge is 0.316 e. The molecular weight excluding hydrogens is 288 g/mol. The van der Waals surface area contributed by atoms with Gasteiger partial charge in [-0.15, -0.1) is 0 Å². The minimum atomic E-state index is 0.0405. The lowest BCUT2D eigenvalue weighted by atomic mass is 9.96. The molecule has 2 amide bonds. The van der Waals surface area contributed by atoms with Crippen molar-refractivity contribution >= 4 is 11.8 Å². The van der Waals surface area contributed by atoms with Crippen LogP contribution in [0.4, 0.5) is 0 Å². The van der Waals surface area contributed by atoms with E-state index in [1.165, 1.54) is 0 Å². The smallest absolute Gasteiger partial charge is 0.227 e. The second kappa shape index (κ2) is 8.32. The molecule has 2 heterocycles. The van der Waals surface area contributed by atoms with E-state index in [1.54, 1.807) is 22.2 Å². The van der Waals surface area contributed by atoms with Crippen LogP contribution in [0.25, 0.3) is 0 Å². The van der Waals surface area contributed by atoms with Crippen molar-refractivity contribution in [2.75, 3.05) is 0 Å². The minimum absolute atomic E-state index is 0.0405. The molecule has 0 spiro atoms. The highest BCUT2D eigenvalue weighted by atomic mass is 16.2. The summed E-state index contributed by atoms with van der Waals surface area (Å²) in [5.41, 5.74) is 0.0405. The fraction of sp³-hybridized carbons (Fsp3) is 0.684. The number of hydrogen-bond donors (Lipinski definition) is 0. The number of carbonyl (C=O) groups excluding carboxylic acids is 2. The average Bonchev–Trinajstić information content (AvgIpc) is 2.97. The molecule has 0 bridgehead atoms. The molecule has 3 unspecified atom stereocenters. The number of hydrogen-bond acceptors (Lipinski definition) is 2. The highest BCUT2D eigenvalue weighted by Crippen LogP contribution is 2.32. The van der Waals surface area contributed by atoms with E-state index < -0.39 is 0 Å². The van der Waals surface area contributed by atoms with Crippen molar-refractivity contribution < 1.29 is 9.59 Å². The first-order chi connectivity index (χ1) is 10.8. The van der Waals surface area contributed by atoms with Crippen LogP contribution in [-0.2, 0) is 9.59 Å². The highest BCUT2D eigenvalue weighted by molar-refractivity contribution is 5.80. The number of rotatable bonds is 5. The van der Waals surface area contributed by atoms with Crippen molar-refractivity contribution in [3.05, 3.63) is 25.6 Å². The molecule has 4 nitrogen and oxygen atoms in total. The predicted molar refractivity (Wildman–Crippen MR) is 94.5 cm³/mol. The van der Waals surface area contributed by atoms with Crippen LogP contribution in [0.1, 0.15) is 66.2 Å². The maximum absolute atomic E-state index is 11.4. The third kappa shape index (κ3) is 4.24. The van der Waals surface area contributed by atoms with Crippen molar-refractivity contribution in [1.82, 2.24) is 9.80 Å². The van der Waals surface area contributed by atoms with E-state index in [9.17, 15) is 9.59 Å². The van der Waals surface area contributed by atoms with Gasteiger partial charge in [0, 0.05) is 30.6 Å². The summed E-state index contributed by atoms with van der Waals surface area (Å²) in [6.45, 7) is 15.8. The second-order valence-electron chi connectivity index (χ2n) is 6.82. The Kier molecular flexibility index (Phi) is 7.04. The van der Waals surface area contributed by atoms with Crippen LogP contribution >= 0.6 is 0 Å². The van der Waals surface area contributed by atoms with Crippen molar-refractivity contribution in [2.24, 2.45) is 5.92 Å². The molecule has 2 fully saturated rings. The van der Waals surface area contributed by atoms with Gasteiger partial charge in [0.15, 0.2) is 0 Å². The standard InChI is InChI=1S/C10H17NO.C9H15NO/c1-4-6-9-8(3)7-10(12)11(9)5-2;1-4-9(3)7-6-8(11)10(9)5-2/h5,8-9H,2,4,6-7H2,1,3H3;5H,2,4,6-7H2,1,3H3. The molecule has 0 N–H and O–H groups in total. The van der Waals surface area contributed by atoms with Gasteiger partial charge < -0.3 is 9.80 Å². The zero-order chi connectivity index (χ0) is 17.6. The lowest BCUT2D eigenvalue weighted by Gasteiger charge is -2.31. The van der Waals surface area contributed by atoms with Crippen molar-refractivity contribution in [1.29, 1.82) is 0 Å². The van der Waals surface area contributed by atoms with E-state index in [0.29, 0.717) is 24.8 Å². The van der Waals surface area contributed by atoms with Gasteiger partial charge in [-0.25, -0.2) is 0 Å². The van der Waals surface area contributed by atoms with Crippen LogP contribution in [-0.4, -0.2) is 33.2 Å². The highest BCUT2D eigenvalue weighted by Gasteiger charge is 2.38. The third-order valence-electron chi connectivity index (χ3n) is 5.25. The molecule has 0 aliphatic carbocycles.